The van der Waals surface area contributed by atoms with E-state index >= 15 is 0 Å². The molecule has 2 rings (SSSR count). The number of nitriles is 1. The second-order valence-electron chi connectivity index (χ2n) is 5.38. The molecular weight excluding hydrogens is 302 g/mol. The van der Waals surface area contributed by atoms with Crippen LogP contribution in [0.3, 0.4) is 0 Å². The fourth-order valence-corrected chi connectivity index (χ4v) is 2.99. The molecule has 1 unspecified atom stereocenters. The molecule has 1 atom stereocenters. The van der Waals surface area contributed by atoms with Crippen LogP contribution < -0.4 is 5.32 Å². The van der Waals surface area contributed by atoms with E-state index in [9.17, 15) is 5.26 Å². The van der Waals surface area contributed by atoms with Crippen molar-refractivity contribution in [3.8, 4) is 6.07 Å². The van der Waals surface area contributed by atoms with Gasteiger partial charge >= 0.3 is 0 Å². The van der Waals surface area contributed by atoms with Crippen molar-refractivity contribution < 1.29 is 0 Å². The number of piperidine rings is 1. The molecule has 0 saturated carbocycles. The highest BCUT2D eigenvalue weighted by Gasteiger charge is 2.22. The molecule has 1 saturated heterocycles. The van der Waals surface area contributed by atoms with Crippen molar-refractivity contribution in [1.82, 2.24) is 4.90 Å². The Hall–Kier alpha value is -1.05. The van der Waals surface area contributed by atoms with Gasteiger partial charge in [0.1, 0.15) is 6.07 Å². The van der Waals surface area contributed by atoms with Gasteiger partial charge in [-0.2, -0.15) is 5.26 Å². The summed E-state index contributed by atoms with van der Waals surface area (Å²) in [5.74, 6) is 0.686. The monoisotopic (exact) mass is 321 g/mol. The van der Waals surface area contributed by atoms with Crippen molar-refractivity contribution in [3.63, 3.8) is 0 Å². The molecule has 0 amide bonds. The van der Waals surface area contributed by atoms with Crippen molar-refractivity contribution in [1.29, 1.82) is 5.26 Å². The van der Waals surface area contributed by atoms with Crippen molar-refractivity contribution >= 4 is 21.6 Å². The first-order valence-corrected chi connectivity index (χ1v) is 7.54. The van der Waals surface area contributed by atoms with Crippen molar-refractivity contribution in [2.45, 2.75) is 25.8 Å². The lowest BCUT2D eigenvalue weighted by Gasteiger charge is -2.33. The first kappa shape index (κ1) is 14.4. The molecule has 1 aromatic carbocycles. The summed E-state index contributed by atoms with van der Waals surface area (Å²) in [5.41, 5.74) is 1.64. The van der Waals surface area contributed by atoms with Crippen molar-refractivity contribution in [3.05, 3.63) is 28.2 Å². The van der Waals surface area contributed by atoms with Gasteiger partial charge in [-0.1, -0.05) is 15.9 Å². The third-order valence-electron chi connectivity index (χ3n) is 3.96. The molecule has 4 heteroatoms. The maximum absolute atomic E-state index is 9.18. The Kier molecular flexibility index (Phi) is 4.84. The minimum atomic E-state index is 0.405. The summed E-state index contributed by atoms with van der Waals surface area (Å²) >= 11 is 3.40. The quantitative estimate of drug-likeness (QED) is 0.926. The average Bonchev–Trinajstić information content (AvgIpc) is 2.41. The standard InChI is InChI=1S/C15H20BrN3/c1-11(12-5-7-19(2)8-6-12)18-15-4-3-14(16)9-13(15)10-17/h3-4,9,11-12,18H,5-8H2,1-2H3. The summed E-state index contributed by atoms with van der Waals surface area (Å²) in [6, 6.07) is 8.48. The maximum atomic E-state index is 9.18. The smallest absolute Gasteiger partial charge is 0.101 e. The molecule has 1 aliphatic rings. The Bertz CT molecular complexity index is 473. The average molecular weight is 322 g/mol. The molecule has 0 radical (unpaired) electrons. The third kappa shape index (κ3) is 3.71. The summed E-state index contributed by atoms with van der Waals surface area (Å²) in [6.07, 6.45) is 2.45. The van der Waals surface area contributed by atoms with Gasteiger partial charge in [0.25, 0.3) is 0 Å². The van der Waals surface area contributed by atoms with E-state index < -0.39 is 0 Å². The number of anilines is 1. The molecule has 1 heterocycles. The number of likely N-dealkylation sites (tertiary alicyclic amines) is 1. The van der Waals surface area contributed by atoms with Crippen molar-refractivity contribution in [2.75, 3.05) is 25.5 Å². The predicted octanol–water partition coefficient (Wildman–Crippen LogP) is 3.46. The SMILES string of the molecule is CC(Nc1ccc(Br)cc1C#N)C1CCN(C)CC1. The molecule has 0 aromatic heterocycles. The first-order chi connectivity index (χ1) is 9.10. The Morgan fingerprint density at radius 3 is 2.74 bits per heavy atom. The zero-order valence-corrected chi connectivity index (χ0v) is 13.1. The van der Waals surface area contributed by atoms with Crippen LogP contribution in [-0.4, -0.2) is 31.1 Å². The van der Waals surface area contributed by atoms with Gasteiger partial charge in [-0.05, 0) is 64.0 Å². The van der Waals surface area contributed by atoms with Gasteiger partial charge < -0.3 is 10.2 Å². The van der Waals surface area contributed by atoms with Crippen LogP contribution >= 0.6 is 15.9 Å². The van der Waals surface area contributed by atoms with Gasteiger partial charge in [-0.15, -0.1) is 0 Å². The van der Waals surface area contributed by atoms with Gasteiger partial charge in [0.15, 0.2) is 0 Å². The van der Waals surface area contributed by atoms with Gasteiger partial charge in [-0.25, -0.2) is 0 Å². The molecule has 102 valence electrons. The predicted molar refractivity (Wildman–Crippen MR) is 82.2 cm³/mol. The normalized spacial score (nSPS) is 18.8. The fraction of sp³-hybridized carbons (Fsp3) is 0.533. The minimum Gasteiger partial charge on any atom is -0.381 e. The fourth-order valence-electron chi connectivity index (χ4n) is 2.63. The van der Waals surface area contributed by atoms with Crippen LogP contribution in [0.1, 0.15) is 25.3 Å². The van der Waals surface area contributed by atoms with E-state index in [0.29, 0.717) is 17.5 Å². The molecule has 3 nitrogen and oxygen atoms in total. The summed E-state index contributed by atoms with van der Waals surface area (Å²) < 4.78 is 0.946. The number of nitrogens with zero attached hydrogens (tertiary/aromatic N) is 2. The van der Waals surface area contributed by atoms with Crippen LogP contribution in [0.15, 0.2) is 22.7 Å². The lowest BCUT2D eigenvalue weighted by atomic mass is 9.90. The molecule has 19 heavy (non-hydrogen) atoms. The van der Waals surface area contributed by atoms with E-state index in [1.54, 1.807) is 0 Å². The molecule has 0 bridgehead atoms. The van der Waals surface area contributed by atoms with E-state index in [2.05, 4.69) is 46.2 Å². The Morgan fingerprint density at radius 1 is 1.42 bits per heavy atom. The third-order valence-corrected chi connectivity index (χ3v) is 4.45. The van der Waals surface area contributed by atoms with Crippen molar-refractivity contribution in [2.24, 2.45) is 5.92 Å². The highest BCUT2D eigenvalue weighted by Crippen LogP contribution is 2.25. The first-order valence-electron chi connectivity index (χ1n) is 6.75. The largest absolute Gasteiger partial charge is 0.381 e. The van der Waals surface area contributed by atoms with Gasteiger partial charge in [0.2, 0.25) is 0 Å². The Balaban J connectivity index is 2.03. The number of benzene rings is 1. The summed E-state index contributed by atoms with van der Waals surface area (Å²) in [7, 11) is 2.18. The summed E-state index contributed by atoms with van der Waals surface area (Å²) in [5, 5.41) is 12.7. The zero-order valence-electron chi connectivity index (χ0n) is 11.5. The van der Waals surface area contributed by atoms with E-state index in [0.717, 1.165) is 10.2 Å². The van der Waals surface area contributed by atoms with Crippen LogP contribution in [0.4, 0.5) is 5.69 Å². The molecule has 0 spiro atoms. The van der Waals surface area contributed by atoms with Crippen LogP contribution in [0.25, 0.3) is 0 Å². The summed E-state index contributed by atoms with van der Waals surface area (Å²) in [4.78, 5) is 2.38. The van der Waals surface area contributed by atoms with Gasteiger partial charge in [0.05, 0.1) is 11.3 Å². The lowest BCUT2D eigenvalue weighted by Crippen LogP contribution is -2.37. The highest BCUT2D eigenvalue weighted by molar-refractivity contribution is 9.10. The van der Waals surface area contributed by atoms with Crippen LogP contribution in [0.2, 0.25) is 0 Å². The maximum Gasteiger partial charge on any atom is 0.101 e. The molecule has 0 aliphatic carbocycles. The highest BCUT2D eigenvalue weighted by atomic mass is 79.9. The Labute approximate surface area is 123 Å². The molecule has 1 aliphatic heterocycles. The second kappa shape index (κ2) is 6.40. The number of hydrogen-bond acceptors (Lipinski definition) is 3. The molecule has 1 N–H and O–H groups in total. The van der Waals surface area contributed by atoms with Gasteiger partial charge in [-0.3, -0.25) is 0 Å². The topological polar surface area (TPSA) is 39.1 Å². The van der Waals surface area contributed by atoms with Crippen LogP contribution in [0.5, 0.6) is 0 Å². The number of nitrogens with one attached hydrogen (secondary N) is 1. The molecular formula is C15H20BrN3. The second-order valence-corrected chi connectivity index (χ2v) is 6.29. The lowest BCUT2D eigenvalue weighted by molar-refractivity contribution is 0.208. The van der Waals surface area contributed by atoms with Gasteiger partial charge in [0, 0.05) is 10.5 Å². The number of hydrogen-bond donors (Lipinski definition) is 1. The van der Waals surface area contributed by atoms with Crippen LogP contribution in [0, 0.1) is 17.2 Å². The Morgan fingerprint density at radius 2 is 2.11 bits per heavy atom. The summed E-state index contributed by atoms with van der Waals surface area (Å²) in [6.45, 7) is 4.56. The van der Waals surface area contributed by atoms with E-state index in [1.807, 2.05) is 18.2 Å². The number of halogens is 1. The minimum absolute atomic E-state index is 0.405. The molecule has 1 fully saturated rings. The van der Waals surface area contributed by atoms with E-state index in [-0.39, 0.29) is 0 Å². The molecule has 1 aromatic rings. The number of rotatable bonds is 3. The van der Waals surface area contributed by atoms with E-state index in [4.69, 9.17) is 0 Å². The van der Waals surface area contributed by atoms with Crippen LogP contribution in [-0.2, 0) is 0 Å². The zero-order chi connectivity index (χ0) is 13.8. The van der Waals surface area contributed by atoms with E-state index in [1.165, 1.54) is 25.9 Å².